The van der Waals surface area contributed by atoms with Crippen LogP contribution in [0.4, 0.5) is 0 Å². The zero-order valence-corrected chi connectivity index (χ0v) is 10.2. The van der Waals surface area contributed by atoms with Crippen LogP contribution < -0.4 is 5.19 Å². The molecule has 0 saturated carbocycles. The highest BCUT2D eigenvalue weighted by atomic mass is 28.3. The summed E-state index contributed by atoms with van der Waals surface area (Å²) in [7, 11) is -1.47. The first-order valence-corrected chi connectivity index (χ1v) is 8.41. The van der Waals surface area contributed by atoms with E-state index in [1.54, 1.807) is 10.7 Å². The molecular weight excluding hydrogens is 202 g/mol. The summed E-state index contributed by atoms with van der Waals surface area (Å²) in [5, 5.41) is 14.6. The number of nitrogens with zero attached hydrogens (tertiary/aromatic N) is 3. The molecule has 0 atom stereocenters. The van der Waals surface area contributed by atoms with Crippen molar-refractivity contribution in [2.45, 2.75) is 19.6 Å². The van der Waals surface area contributed by atoms with Gasteiger partial charge >= 0.3 is 0 Å². The number of rotatable bonds is 1. The fourth-order valence-corrected chi connectivity index (χ4v) is 3.14. The monoisotopic (exact) mass is 215 g/mol. The quantitative estimate of drug-likeness (QED) is 0.680. The van der Waals surface area contributed by atoms with Gasteiger partial charge in [-0.1, -0.05) is 19.6 Å². The molecule has 0 spiro atoms. The lowest BCUT2D eigenvalue weighted by atomic mass is 10.4. The van der Waals surface area contributed by atoms with Crippen LogP contribution in [0.15, 0.2) is 24.4 Å². The maximum absolute atomic E-state index is 9.18. The average molecular weight is 215 g/mol. The fourth-order valence-electron chi connectivity index (χ4n) is 1.69. The number of hydrogen-bond acceptors (Lipinski definition) is 2. The number of nitriles is 1. The normalized spacial score (nSPS) is 11.6. The standard InChI is InChI=1S/C11H13N3Si/c1-15(2,3)11-7-9-5-4-6-13-14(9)10(11)8-12/h4-7H,1-3H3. The molecule has 0 aliphatic carbocycles. The van der Waals surface area contributed by atoms with E-state index in [1.165, 1.54) is 5.19 Å². The van der Waals surface area contributed by atoms with Crippen LogP contribution in [0.5, 0.6) is 0 Å². The molecule has 0 saturated heterocycles. The van der Waals surface area contributed by atoms with E-state index in [1.807, 2.05) is 12.1 Å². The Kier molecular flexibility index (Phi) is 2.13. The van der Waals surface area contributed by atoms with Gasteiger partial charge in [-0.2, -0.15) is 10.4 Å². The second-order valence-corrected chi connectivity index (χ2v) is 9.67. The topological polar surface area (TPSA) is 41.1 Å². The van der Waals surface area contributed by atoms with Gasteiger partial charge in [0.15, 0.2) is 0 Å². The van der Waals surface area contributed by atoms with E-state index in [4.69, 9.17) is 0 Å². The van der Waals surface area contributed by atoms with E-state index in [9.17, 15) is 5.26 Å². The Bertz CT molecular complexity index is 543. The molecule has 3 nitrogen and oxygen atoms in total. The molecule has 0 aliphatic rings. The highest BCUT2D eigenvalue weighted by Crippen LogP contribution is 2.11. The molecule has 0 N–H and O–H groups in total. The molecule has 2 aromatic rings. The summed E-state index contributed by atoms with van der Waals surface area (Å²) >= 11 is 0. The van der Waals surface area contributed by atoms with E-state index >= 15 is 0 Å². The van der Waals surface area contributed by atoms with E-state index in [2.05, 4.69) is 36.9 Å². The second kappa shape index (κ2) is 3.21. The first kappa shape index (κ1) is 9.93. The van der Waals surface area contributed by atoms with Crippen molar-refractivity contribution >= 4 is 18.8 Å². The van der Waals surface area contributed by atoms with Gasteiger partial charge in [0, 0.05) is 6.20 Å². The van der Waals surface area contributed by atoms with Gasteiger partial charge in [-0.05, 0) is 23.4 Å². The molecule has 2 rings (SSSR count). The highest BCUT2D eigenvalue weighted by molar-refractivity contribution is 6.89. The van der Waals surface area contributed by atoms with E-state index < -0.39 is 8.07 Å². The van der Waals surface area contributed by atoms with Crippen molar-refractivity contribution in [2.75, 3.05) is 0 Å². The van der Waals surface area contributed by atoms with Crippen LogP contribution >= 0.6 is 0 Å². The highest BCUT2D eigenvalue weighted by Gasteiger charge is 2.23. The predicted octanol–water partition coefficient (Wildman–Crippen LogP) is 1.75. The molecule has 0 aliphatic heterocycles. The summed E-state index contributed by atoms with van der Waals surface area (Å²) in [6, 6.07) is 8.23. The molecule has 76 valence electrons. The van der Waals surface area contributed by atoms with E-state index in [0.29, 0.717) is 5.69 Å². The minimum Gasteiger partial charge on any atom is -0.223 e. The minimum absolute atomic E-state index is 0.699. The van der Waals surface area contributed by atoms with Crippen LogP contribution in [0.25, 0.3) is 5.52 Å². The molecule has 0 radical (unpaired) electrons. The van der Waals surface area contributed by atoms with Gasteiger partial charge in [-0.15, -0.1) is 0 Å². The van der Waals surface area contributed by atoms with Crippen molar-refractivity contribution in [3.8, 4) is 6.07 Å². The first-order valence-electron chi connectivity index (χ1n) is 4.91. The van der Waals surface area contributed by atoms with Crippen molar-refractivity contribution in [1.29, 1.82) is 5.26 Å². The van der Waals surface area contributed by atoms with Gasteiger partial charge < -0.3 is 0 Å². The Morgan fingerprint density at radius 3 is 2.73 bits per heavy atom. The predicted molar refractivity (Wildman–Crippen MR) is 62.9 cm³/mol. The lowest BCUT2D eigenvalue weighted by Crippen LogP contribution is -2.38. The van der Waals surface area contributed by atoms with Gasteiger partial charge in [0.05, 0.1) is 13.6 Å². The Morgan fingerprint density at radius 1 is 1.40 bits per heavy atom. The molecule has 4 heteroatoms. The van der Waals surface area contributed by atoms with Gasteiger partial charge in [-0.25, -0.2) is 4.52 Å². The lowest BCUT2D eigenvalue weighted by molar-refractivity contribution is 0.927. The zero-order chi connectivity index (χ0) is 11.1. The average Bonchev–Trinajstić information content (AvgIpc) is 2.55. The minimum atomic E-state index is -1.47. The maximum atomic E-state index is 9.18. The molecule has 0 fully saturated rings. The molecule has 2 aromatic heterocycles. The smallest absolute Gasteiger partial charge is 0.142 e. The Hall–Kier alpha value is -1.60. The van der Waals surface area contributed by atoms with Gasteiger partial charge in [-0.3, -0.25) is 0 Å². The molecule has 0 amide bonds. The van der Waals surface area contributed by atoms with Crippen LogP contribution in [0.2, 0.25) is 19.6 Å². The Labute approximate surface area is 90.0 Å². The SMILES string of the molecule is C[Si](C)(C)c1cc2cccnn2c1C#N. The lowest BCUT2D eigenvalue weighted by Gasteiger charge is -2.13. The van der Waals surface area contributed by atoms with Crippen molar-refractivity contribution in [1.82, 2.24) is 9.61 Å². The maximum Gasteiger partial charge on any atom is 0.142 e. The van der Waals surface area contributed by atoms with Crippen LogP contribution in [-0.4, -0.2) is 17.7 Å². The van der Waals surface area contributed by atoms with E-state index in [0.717, 1.165) is 5.52 Å². The van der Waals surface area contributed by atoms with Crippen molar-refractivity contribution in [3.05, 3.63) is 30.1 Å². The zero-order valence-electron chi connectivity index (χ0n) is 9.15. The van der Waals surface area contributed by atoms with Crippen LogP contribution in [0, 0.1) is 11.3 Å². The van der Waals surface area contributed by atoms with Crippen molar-refractivity contribution < 1.29 is 0 Å². The summed E-state index contributed by atoms with van der Waals surface area (Å²) in [6.45, 7) is 6.72. The largest absolute Gasteiger partial charge is 0.223 e. The van der Waals surface area contributed by atoms with Crippen LogP contribution in [0.3, 0.4) is 0 Å². The van der Waals surface area contributed by atoms with Crippen LogP contribution in [-0.2, 0) is 0 Å². The Morgan fingerprint density at radius 2 is 2.13 bits per heavy atom. The summed E-state index contributed by atoms with van der Waals surface area (Å²) < 4.78 is 1.73. The summed E-state index contributed by atoms with van der Waals surface area (Å²) in [4.78, 5) is 0. The first-order chi connectivity index (χ1) is 7.04. The van der Waals surface area contributed by atoms with Gasteiger partial charge in [0.25, 0.3) is 0 Å². The van der Waals surface area contributed by atoms with Gasteiger partial charge in [0.2, 0.25) is 0 Å². The van der Waals surface area contributed by atoms with Crippen molar-refractivity contribution in [2.24, 2.45) is 0 Å². The molecule has 0 unspecified atom stereocenters. The second-order valence-electron chi connectivity index (χ2n) is 4.63. The van der Waals surface area contributed by atoms with Crippen LogP contribution in [0.1, 0.15) is 5.69 Å². The summed E-state index contributed by atoms with van der Waals surface area (Å²) in [5.41, 5.74) is 1.70. The number of aromatic nitrogens is 2. The third-order valence-electron chi connectivity index (χ3n) is 2.45. The molecule has 0 aromatic carbocycles. The summed E-state index contributed by atoms with van der Waals surface area (Å²) in [5.74, 6) is 0. The molecule has 0 bridgehead atoms. The summed E-state index contributed by atoms with van der Waals surface area (Å²) in [6.07, 6.45) is 1.71. The van der Waals surface area contributed by atoms with Gasteiger partial charge in [0.1, 0.15) is 11.8 Å². The number of fused-ring (bicyclic) bond motifs is 1. The molecule has 2 heterocycles. The van der Waals surface area contributed by atoms with Crippen molar-refractivity contribution in [3.63, 3.8) is 0 Å². The molecular formula is C11H13N3Si. The third-order valence-corrected chi connectivity index (χ3v) is 4.45. The molecule has 15 heavy (non-hydrogen) atoms. The fraction of sp³-hybridized carbons (Fsp3) is 0.273. The Balaban J connectivity index is 2.83. The number of hydrogen-bond donors (Lipinski definition) is 0. The van der Waals surface area contributed by atoms with E-state index in [-0.39, 0.29) is 0 Å². The third kappa shape index (κ3) is 1.55.